The van der Waals surface area contributed by atoms with Crippen LogP contribution in [0, 0.1) is 5.82 Å². The Balaban J connectivity index is 1.45. The summed E-state index contributed by atoms with van der Waals surface area (Å²) in [6, 6.07) is 13.6. The monoisotopic (exact) mass is 404 g/mol. The zero-order valence-corrected chi connectivity index (χ0v) is 15.9. The average Bonchev–Trinajstić information content (AvgIpc) is 3.21. The minimum Gasteiger partial charge on any atom is -0.336 e. The van der Waals surface area contributed by atoms with Crippen LogP contribution in [0.1, 0.15) is 11.1 Å². The van der Waals surface area contributed by atoms with E-state index in [2.05, 4.69) is 16.2 Å². The highest BCUT2D eigenvalue weighted by atomic mass is 19.1. The van der Waals surface area contributed by atoms with E-state index in [1.807, 2.05) is 18.2 Å². The maximum absolute atomic E-state index is 13.2. The van der Waals surface area contributed by atoms with Gasteiger partial charge >= 0.3 is 0 Å². The first-order valence-electron chi connectivity index (χ1n) is 9.55. The molecule has 2 aromatic heterocycles. The highest BCUT2D eigenvalue weighted by Crippen LogP contribution is 2.24. The summed E-state index contributed by atoms with van der Waals surface area (Å²) in [5.74, 6) is -0.552. The molecule has 0 bridgehead atoms. The van der Waals surface area contributed by atoms with Crippen LogP contribution in [0.2, 0.25) is 0 Å². The lowest BCUT2D eigenvalue weighted by molar-refractivity contribution is -0.132. The molecule has 30 heavy (non-hydrogen) atoms. The van der Waals surface area contributed by atoms with Crippen LogP contribution >= 0.6 is 0 Å². The highest BCUT2D eigenvalue weighted by Gasteiger charge is 2.22. The molecule has 4 aromatic rings. The summed E-state index contributed by atoms with van der Waals surface area (Å²) < 4.78 is 19.7. The lowest BCUT2D eigenvalue weighted by atomic mass is 10.00. The van der Waals surface area contributed by atoms with E-state index in [-0.39, 0.29) is 29.2 Å². The first kappa shape index (κ1) is 18.2. The predicted octanol–water partition coefficient (Wildman–Crippen LogP) is 2.78. The number of carbonyl (C=O) groups is 1. The SMILES string of the molecule is O=C(Cn1cnc2onc(-c3ccc(F)cc3)c2c1=O)N1CCc2ccccc2C1. The van der Waals surface area contributed by atoms with E-state index in [1.165, 1.54) is 40.7 Å². The van der Waals surface area contributed by atoms with Gasteiger partial charge in [-0.1, -0.05) is 29.4 Å². The van der Waals surface area contributed by atoms with E-state index >= 15 is 0 Å². The number of carbonyl (C=O) groups excluding carboxylic acids is 1. The van der Waals surface area contributed by atoms with Crippen molar-refractivity contribution in [3.05, 3.63) is 82.2 Å². The number of amides is 1. The van der Waals surface area contributed by atoms with Gasteiger partial charge in [0.1, 0.15) is 29.8 Å². The molecule has 0 fully saturated rings. The smallest absolute Gasteiger partial charge is 0.267 e. The summed E-state index contributed by atoms with van der Waals surface area (Å²) in [4.78, 5) is 31.8. The largest absolute Gasteiger partial charge is 0.336 e. The Hall–Kier alpha value is -3.81. The number of halogens is 1. The number of hydrogen-bond donors (Lipinski definition) is 0. The molecular formula is C22H17FN4O3. The van der Waals surface area contributed by atoms with E-state index in [4.69, 9.17) is 4.52 Å². The van der Waals surface area contributed by atoms with E-state index < -0.39 is 11.4 Å². The van der Waals surface area contributed by atoms with Crippen LogP contribution in [-0.2, 0) is 24.3 Å². The molecule has 7 nitrogen and oxygen atoms in total. The van der Waals surface area contributed by atoms with Crippen LogP contribution in [-0.4, -0.2) is 32.1 Å². The van der Waals surface area contributed by atoms with Gasteiger partial charge in [0.2, 0.25) is 5.91 Å². The highest BCUT2D eigenvalue weighted by molar-refractivity contribution is 5.88. The van der Waals surface area contributed by atoms with Gasteiger partial charge in [-0.05, 0) is 41.8 Å². The maximum atomic E-state index is 13.2. The molecule has 0 unspecified atom stereocenters. The van der Waals surface area contributed by atoms with Crippen molar-refractivity contribution >= 4 is 17.0 Å². The Labute approximate surface area is 170 Å². The first-order chi connectivity index (χ1) is 14.6. The Morgan fingerprint density at radius 3 is 2.67 bits per heavy atom. The number of fused-ring (bicyclic) bond motifs is 2. The van der Waals surface area contributed by atoms with Gasteiger partial charge in [-0.3, -0.25) is 14.2 Å². The quantitative estimate of drug-likeness (QED) is 0.525. The van der Waals surface area contributed by atoms with Crippen molar-refractivity contribution in [3.63, 3.8) is 0 Å². The summed E-state index contributed by atoms with van der Waals surface area (Å²) in [6.45, 7) is 1.000. The molecule has 3 heterocycles. The number of nitrogens with zero attached hydrogens (tertiary/aromatic N) is 4. The molecule has 0 spiro atoms. The van der Waals surface area contributed by atoms with Crippen LogP contribution in [0.15, 0.2) is 64.2 Å². The summed E-state index contributed by atoms with van der Waals surface area (Å²) >= 11 is 0. The Bertz CT molecular complexity index is 1310. The average molecular weight is 404 g/mol. The molecule has 150 valence electrons. The zero-order chi connectivity index (χ0) is 20.7. The molecule has 2 aromatic carbocycles. The van der Waals surface area contributed by atoms with Crippen molar-refractivity contribution in [2.45, 2.75) is 19.5 Å². The molecule has 5 rings (SSSR count). The van der Waals surface area contributed by atoms with Gasteiger partial charge in [-0.25, -0.2) is 9.37 Å². The van der Waals surface area contributed by atoms with Crippen molar-refractivity contribution in [2.75, 3.05) is 6.54 Å². The fourth-order valence-corrected chi connectivity index (χ4v) is 3.75. The van der Waals surface area contributed by atoms with Gasteiger partial charge in [0, 0.05) is 18.7 Å². The summed E-state index contributed by atoms with van der Waals surface area (Å²) in [6.07, 6.45) is 2.08. The first-order valence-corrected chi connectivity index (χ1v) is 9.55. The fraction of sp³-hybridized carbons (Fsp3) is 0.182. The molecule has 1 aliphatic rings. The standard InChI is InChI=1S/C22H17FN4O3/c23-17-7-5-15(6-8-17)20-19-21(30-25-20)24-13-27(22(19)29)12-18(28)26-10-9-14-3-1-2-4-16(14)11-26/h1-8,13H,9-12H2. The van der Waals surface area contributed by atoms with Gasteiger partial charge in [0.25, 0.3) is 11.3 Å². The van der Waals surface area contributed by atoms with Crippen LogP contribution in [0.5, 0.6) is 0 Å². The molecule has 0 saturated carbocycles. The van der Waals surface area contributed by atoms with E-state index in [0.29, 0.717) is 18.7 Å². The molecule has 0 aliphatic carbocycles. The topological polar surface area (TPSA) is 81.2 Å². The van der Waals surface area contributed by atoms with Gasteiger partial charge in [-0.15, -0.1) is 0 Å². The predicted molar refractivity (Wildman–Crippen MR) is 107 cm³/mol. The number of benzene rings is 2. The number of aromatic nitrogens is 3. The molecular weight excluding hydrogens is 387 g/mol. The maximum Gasteiger partial charge on any atom is 0.267 e. The molecule has 0 atom stereocenters. The van der Waals surface area contributed by atoms with Gasteiger partial charge in [-0.2, -0.15) is 0 Å². The van der Waals surface area contributed by atoms with E-state index in [1.54, 1.807) is 4.90 Å². The minimum atomic E-state index is -0.425. The molecule has 0 saturated heterocycles. The van der Waals surface area contributed by atoms with Crippen LogP contribution in [0.25, 0.3) is 22.4 Å². The van der Waals surface area contributed by atoms with E-state index in [0.717, 1.165) is 12.0 Å². The summed E-state index contributed by atoms with van der Waals surface area (Å²) in [7, 11) is 0. The zero-order valence-electron chi connectivity index (χ0n) is 15.9. The van der Waals surface area contributed by atoms with Crippen molar-refractivity contribution in [2.24, 2.45) is 0 Å². The third-order valence-electron chi connectivity index (χ3n) is 5.37. The van der Waals surface area contributed by atoms with Gasteiger partial charge in [0.05, 0.1) is 0 Å². The third kappa shape index (κ3) is 3.16. The second-order valence-electron chi connectivity index (χ2n) is 7.23. The molecule has 8 heteroatoms. The minimum absolute atomic E-state index is 0.0786. The van der Waals surface area contributed by atoms with Gasteiger partial charge in [0.15, 0.2) is 0 Å². The number of rotatable bonds is 3. The molecule has 1 aliphatic heterocycles. The number of hydrogen-bond acceptors (Lipinski definition) is 5. The lowest BCUT2D eigenvalue weighted by Crippen LogP contribution is -2.39. The molecule has 0 radical (unpaired) electrons. The van der Waals surface area contributed by atoms with Crippen molar-refractivity contribution in [1.29, 1.82) is 0 Å². The summed E-state index contributed by atoms with van der Waals surface area (Å²) in [5, 5.41) is 4.09. The second kappa shape index (κ2) is 7.22. The Kier molecular flexibility index (Phi) is 4.39. The Morgan fingerprint density at radius 2 is 1.87 bits per heavy atom. The van der Waals surface area contributed by atoms with Crippen LogP contribution < -0.4 is 5.56 Å². The Morgan fingerprint density at radius 1 is 1.10 bits per heavy atom. The lowest BCUT2D eigenvalue weighted by Gasteiger charge is -2.29. The molecule has 0 N–H and O–H groups in total. The fourth-order valence-electron chi connectivity index (χ4n) is 3.75. The third-order valence-corrected chi connectivity index (χ3v) is 5.37. The van der Waals surface area contributed by atoms with E-state index in [9.17, 15) is 14.0 Å². The van der Waals surface area contributed by atoms with Crippen LogP contribution in [0.3, 0.4) is 0 Å². The van der Waals surface area contributed by atoms with Crippen molar-refractivity contribution in [1.82, 2.24) is 19.6 Å². The van der Waals surface area contributed by atoms with Gasteiger partial charge < -0.3 is 9.42 Å². The van der Waals surface area contributed by atoms with Crippen molar-refractivity contribution < 1.29 is 13.7 Å². The van der Waals surface area contributed by atoms with Crippen LogP contribution in [0.4, 0.5) is 4.39 Å². The molecule has 1 amide bonds. The summed E-state index contributed by atoms with van der Waals surface area (Å²) in [5.41, 5.74) is 2.83. The van der Waals surface area contributed by atoms with Crippen molar-refractivity contribution in [3.8, 4) is 11.3 Å². The second-order valence-corrected chi connectivity index (χ2v) is 7.23. The normalized spacial score (nSPS) is 13.4.